The monoisotopic (exact) mass is 353 g/mol. The molecule has 1 aromatic carbocycles. The zero-order valence-electron chi connectivity index (χ0n) is 14.6. The van der Waals surface area contributed by atoms with E-state index in [1.807, 2.05) is 13.8 Å². The van der Waals surface area contributed by atoms with Crippen LogP contribution in [0.15, 0.2) is 18.2 Å². The molecular weight excluding hydrogens is 326 g/mol. The fourth-order valence-corrected chi connectivity index (χ4v) is 2.97. The number of rotatable bonds is 7. The molecule has 0 radical (unpaired) electrons. The van der Waals surface area contributed by atoms with Crippen molar-refractivity contribution < 1.29 is 29.6 Å². The molecule has 4 N–H and O–H groups in total. The Morgan fingerprint density at radius 3 is 2.88 bits per heavy atom. The van der Waals surface area contributed by atoms with Crippen molar-refractivity contribution in [1.82, 2.24) is 5.32 Å². The molecule has 0 aliphatic carbocycles. The highest BCUT2D eigenvalue weighted by Gasteiger charge is 2.30. The van der Waals surface area contributed by atoms with Crippen LogP contribution in [0.4, 0.5) is 0 Å². The molecule has 4 unspecified atom stereocenters. The first-order chi connectivity index (χ1) is 11.9. The predicted molar refractivity (Wildman–Crippen MR) is 91.4 cm³/mol. The van der Waals surface area contributed by atoms with Crippen LogP contribution in [0.2, 0.25) is 0 Å². The number of benzene rings is 1. The summed E-state index contributed by atoms with van der Waals surface area (Å²) in [5.74, 6) is 0.273. The van der Waals surface area contributed by atoms with Gasteiger partial charge < -0.3 is 30.1 Å². The Hall–Kier alpha value is -1.83. The Bertz CT molecular complexity index is 579. The molecule has 1 aliphatic rings. The van der Waals surface area contributed by atoms with Crippen molar-refractivity contribution in [3.63, 3.8) is 0 Å². The maximum atomic E-state index is 11.8. The summed E-state index contributed by atoms with van der Waals surface area (Å²) in [6, 6.07) is 4.74. The molecule has 1 aromatic rings. The van der Waals surface area contributed by atoms with Gasteiger partial charge in [0.05, 0.1) is 18.8 Å². The summed E-state index contributed by atoms with van der Waals surface area (Å²) in [5.41, 5.74) is 0.772. The van der Waals surface area contributed by atoms with Gasteiger partial charge in [0.2, 0.25) is 12.2 Å². The molecule has 7 nitrogen and oxygen atoms in total. The molecule has 0 spiro atoms. The lowest BCUT2D eigenvalue weighted by Crippen LogP contribution is -2.40. The highest BCUT2D eigenvalue weighted by molar-refractivity contribution is 5.76. The molecule has 0 saturated carbocycles. The lowest BCUT2D eigenvalue weighted by molar-refractivity contribution is -0.184. The topological polar surface area (TPSA) is 108 Å². The van der Waals surface area contributed by atoms with E-state index in [-0.39, 0.29) is 30.6 Å². The molecule has 4 atom stereocenters. The van der Waals surface area contributed by atoms with Crippen LogP contribution in [0.3, 0.4) is 0 Å². The summed E-state index contributed by atoms with van der Waals surface area (Å²) in [6.45, 7) is 4.14. The predicted octanol–water partition coefficient (Wildman–Crippen LogP) is 1.26. The minimum atomic E-state index is -0.724. The van der Waals surface area contributed by atoms with Crippen LogP contribution in [0.5, 0.6) is 11.5 Å². The maximum Gasteiger partial charge on any atom is 0.220 e. The number of aromatic hydroxyl groups is 1. The largest absolute Gasteiger partial charge is 0.508 e. The maximum absolute atomic E-state index is 11.8. The third kappa shape index (κ3) is 5.59. The number of amides is 1. The molecular formula is C18H27NO6. The first-order valence-electron chi connectivity index (χ1n) is 8.63. The minimum absolute atomic E-state index is 0.0408. The number of phenols is 1. The molecule has 7 heteroatoms. The summed E-state index contributed by atoms with van der Waals surface area (Å²) < 4.78 is 11.5. The van der Waals surface area contributed by atoms with E-state index in [1.165, 1.54) is 6.07 Å². The second-order valence-corrected chi connectivity index (χ2v) is 6.39. The van der Waals surface area contributed by atoms with E-state index in [4.69, 9.17) is 9.47 Å². The molecule has 25 heavy (non-hydrogen) atoms. The van der Waals surface area contributed by atoms with Crippen LogP contribution in [0, 0.1) is 0 Å². The molecule has 2 rings (SSSR count). The van der Waals surface area contributed by atoms with E-state index in [0.29, 0.717) is 25.1 Å². The van der Waals surface area contributed by atoms with Crippen molar-refractivity contribution in [3.05, 3.63) is 23.8 Å². The number of carbonyl (C=O) groups is 1. The molecule has 1 fully saturated rings. The van der Waals surface area contributed by atoms with Gasteiger partial charge in [-0.25, -0.2) is 0 Å². The van der Waals surface area contributed by atoms with Gasteiger partial charge in [0.1, 0.15) is 11.5 Å². The first-order valence-corrected chi connectivity index (χ1v) is 8.63. The van der Waals surface area contributed by atoms with E-state index in [1.54, 1.807) is 12.1 Å². The number of phenolic OH excluding ortho intramolecular Hbond substituents is 1. The van der Waals surface area contributed by atoms with E-state index in [9.17, 15) is 20.1 Å². The first kappa shape index (κ1) is 19.5. The van der Waals surface area contributed by atoms with Gasteiger partial charge in [-0.15, -0.1) is 0 Å². The summed E-state index contributed by atoms with van der Waals surface area (Å²) >= 11 is 0. The van der Waals surface area contributed by atoms with Crippen molar-refractivity contribution in [2.75, 3.05) is 13.2 Å². The fourth-order valence-electron chi connectivity index (χ4n) is 2.97. The molecule has 0 aromatic heterocycles. The van der Waals surface area contributed by atoms with Crippen LogP contribution in [-0.2, 0) is 9.53 Å². The molecule has 1 aliphatic heterocycles. The minimum Gasteiger partial charge on any atom is -0.508 e. The van der Waals surface area contributed by atoms with Gasteiger partial charge in [0.15, 0.2) is 0 Å². The summed E-state index contributed by atoms with van der Waals surface area (Å²) in [4.78, 5) is 11.8. The molecule has 1 amide bonds. The van der Waals surface area contributed by atoms with Crippen LogP contribution >= 0.6 is 0 Å². The van der Waals surface area contributed by atoms with Crippen molar-refractivity contribution in [3.8, 4) is 11.5 Å². The van der Waals surface area contributed by atoms with Gasteiger partial charge >= 0.3 is 0 Å². The van der Waals surface area contributed by atoms with Gasteiger partial charge in [-0.2, -0.15) is 0 Å². The number of aliphatic hydroxyl groups is 2. The Labute approximate surface area is 147 Å². The van der Waals surface area contributed by atoms with E-state index in [2.05, 4.69) is 5.32 Å². The number of ether oxygens (including phenoxy) is 2. The second-order valence-electron chi connectivity index (χ2n) is 6.39. The second kappa shape index (κ2) is 9.03. The Balaban J connectivity index is 2.13. The molecule has 140 valence electrons. The molecule has 0 bridgehead atoms. The van der Waals surface area contributed by atoms with Gasteiger partial charge in [-0.3, -0.25) is 4.79 Å². The highest BCUT2D eigenvalue weighted by atomic mass is 16.7. The zero-order valence-corrected chi connectivity index (χ0v) is 14.6. The quantitative estimate of drug-likeness (QED) is 0.588. The Morgan fingerprint density at radius 2 is 2.20 bits per heavy atom. The average Bonchev–Trinajstić information content (AvgIpc) is 2.54. The van der Waals surface area contributed by atoms with Crippen molar-refractivity contribution in [1.29, 1.82) is 0 Å². The van der Waals surface area contributed by atoms with Crippen LogP contribution < -0.4 is 10.1 Å². The van der Waals surface area contributed by atoms with Gasteiger partial charge in [-0.05, 0) is 24.5 Å². The summed E-state index contributed by atoms with van der Waals surface area (Å²) in [5, 5.41) is 31.7. The SMILES string of the molecule is CCNC(=O)CC(C)c1ccc(O)cc1OC1CC(O)CC(CO)O1. The Morgan fingerprint density at radius 1 is 1.44 bits per heavy atom. The zero-order chi connectivity index (χ0) is 18.4. The lowest BCUT2D eigenvalue weighted by atomic mass is 9.96. The number of nitrogens with one attached hydrogen (secondary N) is 1. The van der Waals surface area contributed by atoms with Crippen LogP contribution in [0.25, 0.3) is 0 Å². The van der Waals surface area contributed by atoms with Crippen molar-refractivity contribution >= 4 is 5.91 Å². The van der Waals surface area contributed by atoms with E-state index < -0.39 is 18.5 Å². The number of aliphatic hydroxyl groups excluding tert-OH is 2. The highest BCUT2D eigenvalue weighted by Crippen LogP contribution is 2.34. The normalized spacial score (nSPS) is 24.6. The van der Waals surface area contributed by atoms with Crippen molar-refractivity contribution in [2.24, 2.45) is 0 Å². The van der Waals surface area contributed by atoms with Gasteiger partial charge in [-0.1, -0.05) is 13.0 Å². The standard InChI is InChI=1S/C18H27NO6/c1-3-19-17(23)6-11(2)15-5-4-12(21)8-16(15)25-18-9-13(22)7-14(10-20)24-18/h4-5,8,11,13-14,18,20-22H,3,6-7,9-10H2,1-2H3,(H,19,23). The van der Waals surface area contributed by atoms with Gasteiger partial charge in [0, 0.05) is 31.9 Å². The van der Waals surface area contributed by atoms with E-state index in [0.717, 1.165) is 5.56 Å². The molecule has 1 saturated heterocycles. The Kier molecular flexibility index (Phi) is 7.04. The number of carbonyl (C=O) groups excluding carboxylic acids is 1. The lowest BCUT2D eigenvalue weighted by Gasteiger charge is -2.33. The third-order valence-corrected chi connectivity index (χ3v) is 4.20. The third-order valence-electron chi connectivity index (χ3n) is 4.20. The van der Waals surface area contributed by atoms with Crippen LogP contribution in [0.1, 0.15) is 44.6 Å². The molecule has 1 heterocycles. The number of hydrogen-bond donors (Lipinski definition) is 4. The summed E-state index contributed by atoms with van der Waals surface area (Å²) in [6.07, 6.45) is -0.903. The number of hydrogen-bond acceptors (Lipinski definition) is 6. The van der Waals surface area contributed by atoms with Crippen LogP contribution in [-0.4, -0.2) is 52.9 Å². The smallest absolute Gasteiger partial charge is 0.220 e. The van der Waals surface area contributed by atoms with Crippen molar-refractivity contribution in [2.45, 2.75) is 57.5 Å². The summed E-state index contributed by atoms with van der Waals surface area (Å²) in [7, 11) is 0. The fraction of sp³-hybridized carbons (Fsp3) is 0.611. The average molecular weight is 353 g/mol. The van der Waals surface area contributed by atoms with E-state index >= 15 is 0 Å². The van der Waals surface area contributed by atoms with Gasteiger partial charge in [0.25, 0.3) is 0 Å².